The predicted molar refractivity (Wildman–Crippen MR) is 127 cm³/mol. The molecule has 0 radical (unpaired) electrons. The first-order valence-corrected chi connectivity index (χ1v) is 11.3. The number of aliphatic carboxylic acids is 1. The molecule has 8 amide bonds. The molecular weight excluding hydrogens is 512 g/mol. The first-order valence-electron chi connectivity index (χ1n) is 11.3. The van der Waals surface area contributed by atoms with Crippen molar-refractivity contribution in [3.63, 3.8) is 0 Å². The van der Waals surface area contributed by atoms with Crippen LogP contribution >= 0.6 is 0 Å². The average Bonchev–Trinajstić information content (AvgIpc) is 2.85. The summed E-state index contributed by atoms with van der Waals surface area (Å²) in [5, 5.41) is 26.3. The minimum absolute atomic E-state index is 0.100. The summed E-state index contributed by atoms with van der Waals surface area (Å²) in [6.07, 6.45) is -0.719. The molecule has 0 aliphatic carbocycles. The minimum Gasteiger partial charge on any atom is -0.481 e. The van der Waals surface area contributed by atoms with Gasteiger partial charge in [0, 0.05) is 13.1 Å². The first-order chi connectivity index (χ1) is 17.9. The van der Waals surface area contributed by atoms with Gasteiger partial charge in [-0.15, -0.1) is 0 Å². The van der Waals surface area contributed by atoms with E-state index in [9.17, 15) is 43.2 Å². The lowest BCUT2D eigenvalue weighted by atomic mass is 10.3. The van der Waals surface area contributed by atoms with E-state index in [1.165, 1.54) is 0 Å². The second-order valence-corrected chi connectivity index (χ2v) is 7.28. The van der Waals surface area contributed by atoms with Crippen LogP contribution in [0.15, 0.2) is 0 Å². The molecule has 18 heteroatoms. The molecule has 0 aliphatic rings. The van der Waals surface area contributed by atoms with Crippen LogP contribution in [0, 0.1) is 0 Å². The molecule has 0 bridgehead atoms. The van der Waals surface area contributed by atoms with Crippen molar-refractivity contribution < 1.29 is 48.3 Å². The molecular formula is C20H32N8O10. The van der Waals surface area contributed by atoms with Crippen molar-refractivity contribution >= 4 is 53.2 Å². The van der Waals surface area contributed by atoms with E-state index in [2.05, 4.69) is 42.5 Å². The summed E-state index contributed by atoms with van der Waals surface area (Å²) in [6.45, 7) is -0.941. The zero-order valence-corrected chi connectivity index (χ0v) is 20.7. The van der Waals surface area contributed by atoms with E-state index in [4.69, 9.17) is 5.11 Å². The van der Waals surface area contributed by atoms with Crippen molar-refractivity contribution in [2.75, 3.05) is 52.4 Å². The van der Waals surface area contributed by atoms with Crippen molar-refractivity contribution in [3.8, 4) is 0 Å². The predicted octanol–water partition coefficient (Wildman–Crippen LogP) is -6.20. The van der Waals surface area contributed by atoms with Crippen molar-refractivity contribution in [2.24, 2.45) is 0 Å². The molecule has 0 spiro atoms. The number of amides is 8. The standard InChI is InChI=1S/C20H32N8O10/c1-2-21-12(29)5-13(30)23-7-15(32)25-9-17(34)27-11-19(36)28-10-18(35)26-8-16(33)24-6-14(31)22-4-3-20(37)38/h2-11H2,1H3,(H,21,29)(H,22,31)(H,23,30)(H,24,33)(H,25,32)(H,26,35)(H,27,34)(H,28,36)(H,37,38). The molecule has 0 aromatic rings. The molecule has 0 rings (SSSR count). The molecule has 0 saturated carbocycles. The van der Waals surface area contributed by atoms with Crippen LogP contribution in [0.2, 0.25) is 0 Å². The fraction of sp³-hybridized carbons (Fsp3) is 0.550. The maximum atomic E-state index is 11.7. The van der Waals surface area contributed by atoms with E-state index in [0.717, 1.165) is 0 Å². The number of hydrogen-bond donors (Lipinski definition) is 9. The van der Waals surface area contributed by atoms with E-state index in [-0.39, 0.29) is 13.0 Å². The molecule has 0 fully saturated rings. The fourth-order valence-electron chi connectivity index (χ4n) is 2.23. The summed E-state index contributed by atoms with van der Waals surface area (Å²) >= 11 is 0. The Balaban J connectivity index is 3.93. The van der Waals surface area contributed by atoms with Crippen LogP contribution in [0.4, 0.5) is 0 Å². The van der Waals surface area contributed by atoms with Gasteiger partial charge in [-0.1, -0.05) is 0 Å². The Labute approximate surface area is 216 Å². The van der Waals surface area contributed by atoms with E-state index < -0.39 is 98.9 Å². The SMILES string of the molecule is CCNC(=O)CC(=O)NCC(=O)NCC(=O)NCC(=O)NCC(=O)NCC(=O)NCC(=O)NCCC(=O)O. The highest BCUT2D eigenvalue weighted by Gasteiger charge is 2.12. The Hall–Kier alpha value is -4.77. The molecule has 9 N–H and O–H groups in total. The maximum Gasteiger partial charge on any atom is 0.305 e. The van der Waals surface area contributed by atoms with Crippen molar-refractivity contribution in [2.45, 2.75) is 19.8 Å². The summed E-state index contributed by atoms with van der Waals surface area (Å²) in [6, 6.07) is 0. The van der Waals surface area contributed by atoms with Gasteiger partial charge in [0.05, 0.1) is 45.7 Å². The van der Waals surface area contributed by atoms with Gasteiger partial charge in [0.1, 0.15) is 6.42 Å². The summed E-state index contributed by atoms with van der Waals surface area (Å²) < 4.78 is 0. The molecule has 0 aromatic carbocycles. The fourth-order valence-corrected chi connectivity index (χ4v) is 2.23. The lowest BCUT2D eigenvalue weighted by Crippen LogP contribution is -2.47. The van der Waals surface area contributed by atoms with Gasteiger partial charge in [-0.3, -0.25) is 43.2 Å². The Morgan fingerprint density at radius 3 is 1.05 bits per heavy atom. The average molecular weight is 545 g/mol. The quantitative estimate of drug-likeness (QED) is 0.0736. The van der Waals surface area contributed by atoms with Crippen LogP contribution < -0.4 is 42.5 Å². The van der Waals surface area contributed by atoms with Crippen LogP contribution in [0.25, 0.3) is 0 Å². The van der Waals surface area contributed by atoms with Crippen LogP contribution in [0.5, 0.6) is 0 Å². The van der Waals surface area contributed by atoms with Crippen LogP contribution in [-0.4, -0.2) is 111 Å². The molecule has 38 heavy (non-hydrogen) atoms. The third kappa shape index (κ3) is 19.5. The van der Waals surface area contributed by atoms with Crippen LogP contribution in [0.1, 0.15) is 19.8 Å². The monoisotopic (exact) mass is 544 g/mol. The number of carbonyl (C=O) groups excluding carboxylic acids is 8. The molecule has 0 aromatic heterocycles. The molecule has 0 saturated heterocycles. The molecule has 0 unspecified atom stereocenters. The lowest BCUT2D eigenvalue weighted by molar-refractivity contribution is -0.137. The summed E-state index contributed by atoms with van der Waals surface area (Å²) in [4.78, 5) is 103. The highest BCUT2D eigenvalue weighted by atomic mass is 16.4. The minimum atomic E-state index is -1.09. The van der Waals surface area contributed by atoms with Gasteiger partial charge in [-0.05, 0) is 6.92 Å². The topological polar surface area (TPSA) is 270 Å². The Morgan fingerprint density at radius 1 is 0.447 bits per heavy atom. The third-order valence-electron chi connectivity index (χ3n) is 4.03. The van der Waals surface area contributed by atoms with Gasteiger partial charge in [-0.2, -0.15) is 0 Å². The summed E-state index contributed by atoms with van der Waals surface area (Å²) in [5.41, 5.74) is 0. The van der Waals surface area contributed by atoms with E-state index in [1.807, 2.05) is 0 Å². The van der Waals surface area contributed by atoms with Crippen molar-refractivity contribution in [1.29, 1.82) is 0 Å². The second-order valence-electron chi connectivity index (χ2n) is 7.28. The van der Waals surface area contributed by atoms with E-state index in [0.29, 0.717) is 6.54 Å². The van der Waals surface area contributed by atoms with Gasteiger partial charge < -0.3 is 47.6 Å². The molecule has 0 heterocycles. The highest BCUT2D eigenvalue weighted by Crippen LogP contribution is 1.80. The number of hydrogen-bond acceptors (Lipinski definition) is 9. The number of nitrogens with one attached hydrogen (secondary N) is 8. The first kappa shape index (κ1) is 33.2. The largest absolute Gasteiger partial charge is 0.481 e. The number of carboxylic acids is 1. The summed E-state index contributed by atoms with van der Waals surface area (Å²) in [7, 11) is 0. The Bertz CT molecular complexity index is 908. The highest BCUT2D eigenvalue weighted by molar-refractivity contribution is 5.98. The molecule has 212 valence electrons. The van der Waals surface area contributed by atoms with Gasteiger partial charge >= 0.3 is 5.97 Å². The van der Waals surface area contributed by atoms with Crippen molar-refractivity contribution in [1.82, 2.24) is 42.5 Å². The van der Waals surface area contributed by atoms with Crippen LogP contribution in [-0.2, 0) is 43.2 Å². The summed E-state index contributed by atoms with van der Waals surface area (Å²) in [5.74, 6) is -6.47. The number of carboxylic acid groups (broad SMARTS) is 1. The van der Waals surface area contributed by atoms with Gasteiger partial charge in [0.2, 0.25) is 47.3 Å². The Morgan fingerprint density at radius 2 is 0.737 bits per heavy atom. The van der Waals surface area contributed by atoms with E-state index >= 15 is 0 Å². The zero-order chi connectivity index (χ0) is 28.9. The molecule has 0 aliphatic heterocycles. The van der Waals surface area contributed by atoms with Crippen molar-refractivity contribution in [3.05, 3.63) is 0 Å². The number of rotatable bonds is 18. The normalized spacial score (nSPS) is 9.71. The lowest BCUT2D eigenvalue weighted by Gasteiger charge is -2.09. The van der Waals surface area contributed by atoms with Crippen LogP contribution in [0.3, 0.4) is 0 Å². The smallest absolute Gasteiger partial charge is 0.305 e. The molecule has 0 atom stereocenters. The molecule has 18 nitrogen and oxygen atoms in total. The van der Waals surface area contributed by atoms with Gasteiger partial charge in [0.25, 0.3) is 0 Å². The maximum absolute atomic E-state index is 11.7. The Kier molecular flexibility index (Phi) is 17.0. The third-order valence-corrected chi connectivity index (χ3v) is 4.03. The van der Waals surface area contributed by atoms with Gasteiger partial charge in [0.15, 0.2) is 0 Å². The van der Waals surface area contributed by atoms with E-state index in [1.54, 1.807) is 6.92 Å². The zero-order valence-electron chi connectivity index (χ0n) is 20.7. The second kappa shape index (κ2) is 19.4. The number of carbonyl (C=O) groups is 9. The van der Waals surface area contributed by atoms with Gasteiger partial charge in [-0.25, -0.2) is 0 Å².